The highest BCUT2D eigenvalue weighted by Crippen LogP contribution is 2.29. The molecule has 7 heteroatoms. The molecule has 2 amide bonds. The summed E-state index contributed by atoms with van der Waals surface area (Å²) in [7, 11) is 0. The third kappa shape index (κ3) is 3.56. The van der Waals surface area contributed by atoms with Crippen LogP contribution in [0.3, 0.4) is 0 Å². The summed E-state index contributed by atoms with van der Waals surface area (Å²) in [5.41, 5.74) is 2.15. The van der Waals surface area contributed by atoms with Crippen LogP contribution >= 0.6 is 0 Å². The molecule has 26 heavy (non-hydrogen) atoms. The topological polar surface area (TPSA) is 92.6 Å². The lowest BCUT2D eigenvalue weighted by molar-refractivity contribution is -0.384. The maximum absolute atomic E-state index is 12.5. The van der Waals surface area contributed by atoms with E-state index in [4.69, 9.17) is 0 Å². The van der Waals surface area contributed by atoms with Gasteiger partial charge in [0.05, 0.1) is 10.8 Å². The van der Waals surface area contributed by atoms with Crippen LogP contribution in [0.5, 0.6) is 0 Å². The highest BCUT2D eigenvalue weighted by atomic mass is 16.6. The first-order valence-electron chi connectivity index (χ1n) is 8.43. The van der Waals surface area contributed by atoms with Crippen LogP contribution in [0.15, 0.2) is 48.5 Å². The van der Waals surface area contributed by atoms with Crippen LogP contribution in [0.25, 0.3) is 0 Å². The standard InChI is InChI=1S/C19H19N3O4/c1-2-13-6-3-4-9-17(13)21-12-14(10-18(21)23)19(24)20-15-7-5-8-16(11-15)22(25)26/h3-9,11,14H,2,10,12H2,1H3,(H,20,24). The zero-order valence-corrected chi connectivity index (χ0v) is 14.3. The highest BCUT2D eigenvalue weighted by Gasteiger charge is 2.35. The molecule has 1 fully saturated rings. The first-order chi connectivity index (χ1) is 12.5. The number of hydrogen-bond acceptors (Lipinski definition) is 4. The second-order valence-electron chi connectivity index (χ2n) is 6.18. The lowest BCUT2D eigenvalue weighted by Gasteiger charge is -2.20. The van der Waals surface area contributed by atoms with Crippen molar-refractivity contribution in [3.63, 3.8) is 0 Å². The molecule has 7 nitrogen and oxygen atoms in total. The molecule has 3 rings (SSSR count). The Hall–Kier alpha value is -3.22. The number of rotatable bonds is 5. The number of carbonyl (C=O) groups is 2. The molecular weight excluding hydrogens is 334 g/mol. The van der Waals surface area contributed by atoms with Gasteiger partial charge in [0.2, 0.25) is 11.8 Å². The smallest absolute Gasteiger partial charge is 0.271 e. The summed E-state index contributed by atoms with van der Waals surface area (Å²) >= 11 is 0. The van der Waals surface area contributed by atoms with Gasteiger partial charge in [-0.3, -0.25) is 19.7 Å². The predicted octanol–water partition coefficient (Wildman–Crippen LogP) is 3.15. The monoisotopic (exact) mass is 353 g/mol. The van der Waals surface area contributed by atoms with Gasteiger partial charge in [-0.1, -0.05) is 31.2 Å². The fourth-order valence-corrected chi connectivity index (χ4v) is 3.13. The first-order valence-corrected chi connectivity index (χ1v) is 8.43. The fraction of sp³-hybridized carbons (Fsp3) is 0.263. The molecule has 0 spiro atoms. The van der Waals surface area contributed by atoms with Gasteiger partial charge in [0.25, 0.3) is 5.69 Å². The van der Waals surface area contributed by atoms with Gasteiger partial charge in [0.1, 0.15) is 0 Å². The van der Waals surface area contributed by atoms with Gasteiger partial charge in [0.15, 0.2) is 0 Å². The third-order valence-electron chi connectivity index (χ3n) is 4.48. The number of carbonyl (C=O) groups excluding carboxylic acids is 2. The molecule has 0 saturated carbocycles. The van der Waals surface area contributed by atoms with E-state index in [0.717, 1.165) is 17.7 Å². The number of para-hydroxylation sites is 1. The van der Waals surface area contributed by atoms with Gasteiger partial charge in [-0.15, -0.1) is 0 Å². The van der Waals surface area contributed by atoms with Crippen molar-refractivity contribution >= 4 is 28.9 Å². The molecule has 2 aromatic carbocycles. The number of benzene rings is 2. The number of nitro groups is 1. The normalized spacial score (nSPS) is 16.6. The highest BCUT2D eigenvalue weighted by molar-refractivity contribution is 6.03. The Morgan fingerprint density at radius 2 is 2.04 bits per heavy atom. The summed E-state index contributed by atoms with van der Waals surface area (Å²) in [5, 5.41) is 13.5. The largest absolute Gasteiger partial charge is 0.326 e. The van der Waals surface area contributed by atoms with Crippen molar-refractivity contribution < 1.29 is 14.5 Å². The molecule has 1 saturated heterocycles. The summed E-state index contributed by atoms with van der Waals surface area (Å²) < 4.78 is 0. The number of anilines is 2. The maximum atomic E-state index is 12.5. The van der Waals surface area contributed by atoms with Gasteiger partial charge in [-0.2, -0.15) is 0 Å². The summed E-state index contributed by atoms with van der Waals surface area (Å²) in [6, 6.07) is 13.4. The van der Waals surface area contributed by atoms with E-state index >= 15 is 0 Å². The number of nitrogens with one attached hydrogen (secondary N) is 1. The number of amides is 2. The average molecular weight is 353 g/mol. The second-order valence-corrected chi connectivity index (χ2v) is 6.18. The third-order valence-corrected chi connectivity index (χ3v) is 4.48. The van der Waals surface area contributed by atoms with Crippen LogP contribution in [-0.2, 0) is 16.0 Å². The Morgan fingerprint density at radius 3 is 2.77 bits per heavy atom. The van der Waals surface area contributed by atoms with Crippen molar-refractivity contribution in [2.45, 2.75) is 19.8 Å². The van der Waals surface area contributed by atoms with E-state index in [1.165, 1.54) is 18.2 Å². The first kappa shape index (κ1) is 17.6. The summed E-state index contributed by atoms with van der Waals surface area (Å²) in [6.07, 6.45) is 0.920. The Bertz CT molecular complexity index is 865. The molecule has 0 radical (unpaired) electrons. The molecule has 2 aromatic rings. The molecule has 1 aliphatic heterocycles. The van der Waals surface area contributed by atoms with E-state index in [-0.39, 0.29) is 23.9 Å². The average Bonchev–Trinajstić information content (AvgIpc) is 3.03. The minimum Gasteiger partial charge on any atom is -0.326 e. The Labute approximate surface area is 150 Å². The van der Waals surface area contributed by atoms with Crippen molar-refractivity contribution in [1.82, 2.24) is 0 Å². The van der Waals surface area contributed by atoms with Crippen molar-refractivity contribution in [3.05, 3.63) is 64.2 Å². The molecule has 0 aliphatic carbocycles. The summed E-state index contributed by atoms with van der Waals surface area (Å²) in [4.78, 5) is 36.9. The van der Waals surface area contributed by atoms with Crippen LogP contribution in [0, 0.1) is 16.0 Å². The minimum atomic E-state index is -0.516. The number of hydrogen-bond donors (Lipinski definition) is 1. The van der Waals surface area contributed by atoms with Gasteiger partial charge in [0, 0.05) is 36.5 Å². The molecule has 1 atom stereocenters. The Balaban J connectivity index is 1.73. The molecule has 1 heterocycles. The second kappa shape index (κ2) is 7.35. The number of nitrogens with zero attached hydrogens (tertiary/aromatic N) is 2. The van der Waals surface area contributed by atoms with Gasteiger partial charge in [-0.25, -0.2) is 0 Å². The molecule has 0 bridgehead atoms. The zero-order chi connectivity index (χ0) is 18.7. The zero-order valence-electron chi connectivity index (χ0n) is 14.3. The fourth-order valence-electron chi connectivity index (χ4n) is 3.13. The van der Waals surface area contributed by atoms with Crippen molar-refractivity contribution in [1.29, 1.82) is 0 Å². The van der Waals surface area contributed by atoms with Gasteiger partial charge >= 0.3 is 0 Å². The molecule has 0 aromatic heterocycles. The van der Waals surface area contributed by atoms with E-state index < -0.39 is 10.8 Å². The quantitative estimate of drug-likeness (QED) is 0.660. The van der Waals surface area contributed by atoms with Crippen LogP contribution in [-0.4, -0.2) is 23.3 Å². The number of nitro benzene ring substituents is 1. The maximum Gasteiger partial charge on any atom is 0.271 e. The molecule has 1 N–H and O–H groups in total. The number of non-ortho nitro benzene ring substituents is 1. The van der Waals surface area contributed by atoms with E-state index in [1.807, 2.05) is 31.2 Å². The van der Waals surface area contributed by atoms with Crippen LogP contribution in [0.2, 0.25) is 0 Å². The van der Waals surface area contributed by atoms with Crippen molar-refractivity contribution in [2.75, 3.05) is 16.8 Å². The SMILES string of the molecule is CCc1ccccc1N1CC(C(=O)Nc2cccc([N+](=O)[O-])c2)CC1=O. The van der Waals surface area contributed by atoms with Gasteiger partial charge < -0.3 is 10.2 Å². The lowest BCUT2D eigenvalue weighted by atomic mass is 10.1. The van der Waals surface area contributed by atoms with Crippen molar-refractivity contribution in [3.8, 4) is 0 Å². The lowest BCUT2D eigenvalue weighted by Crippen LogP contribution is -2.28. The Morgan fingerprint density at radius 1 is 1.27 bits per heavy atom. The molecular formula is C19H19N3O4. The van der Waals surface area contributed by atoms with Crippen LogP contribution in [0.4, 0.5) is 17.1 Å². The predicted molar refractivity (Wildman–Crippen MR) is 98.0 cm³/mol. The molecule has 134 valence electrons. The van der Waals surface area contributed by atoms with Crippen LogP contribution < -0.4 is 10.2 Å². The molecule has 1 aliphatic rings. The van der Waals surface area contributed by atoms with E-state index in [1.54, 1.807) is 11.0 Å². The minimum absolute atomic E-state index is 0.0925. The van der Waals surface area contributed by atoms with Crippen molar-refractivity contribution in [2.24, 2.45) is 5.92 Å². The molecule has 1 unspecified atom stereocenters. The summed E-state index contributed by atoms with van der Waals surface area (Å²) in [6.45, 7) is 2.32. The van der Waals surface area contributed by atoms with Gasteiger partial charge in [-0.05, 0) is 24.1 Å². The van der Waals surface area contributed by atoms with E-state index in [0.29, 0.717) is 12.2 Å². The summed E-state index contributed by atoms with van der Waals surface area (Å²) in [5.74, 6) is -0.896. The van der Waals surface area contributed by atoms with E-state index in [9.17, 15) is 19.7 Å². The Kier molecular flexibility index (Phi) is 4.97. The van der Waals surface area contributed by atoms with E-state index in [2.05, 4.69) is 5.32 Å². The van der Waals surface area contributed by atoms with Crippen LogP contribution in [0.1, 0.15) is 18.9 Å². The number of aryl methyl sites for hydroxylation is 1.